The number of piperazine rings is 1. The highest BCUT2D eigenvalue weighted by atomic mass is 35.5. The predicted octanol–water partition coefficient (Wildman–Crippen LogP) is 4.36. The fourth-order valence-electron chi connectivity index (χ4n) is 2.73. The standard InChI is InChI=1S/C19H18Cl2N2O/c20-16-7-8-18(21)15(14-16)6-9-19(24)23-12-10-22(11-13-23)17-4-2-1-3-5-17/h1-9,14H,10-13H2/b9-6+. The molecular formula is C19H18Cl2N2O. The Morgan fingerprint density at radius 2 is 1.67 bits per heavy atom. The highest BCUT2D eigenvalue weighted by molar-refractivity contribution is 6.34. The second kappa shape index (κ2) is 7.73. The lowest BCUT2D eigenvalue weighted by Crippen LogP contribution is -2.48. The second-order valence-corrected chi connectivity index (χ2v) is 6.49. The summed E-state index contributed by atoms with van der Waals surface area (Å²) in [4.78, 5) is 16.5. The van der Waals surface area contributed by atoms with Gasteiger partial charge in [-0.05, 0) is 42.0 Å². The third-order valence-electron chi connectivity index (χ3n) is 4.08. The quantitative estimate of drug-likeness (QED) is 0.759. The van der Waals surface area contributed by atoms with Crippen LogP contribution in [-0.4, -0.2) is 37.0 Å². The smallest absolute Gasteiger partial charge is 0.246 e. The summed E-state index contributed by atoms with van der Waals surface area (Å²) >= 11 is 12.1. The highest BCUT2D eigenvalue weighted by Gasteiger charge is 2.19. The number of hydrogen-bond donors (Lipinski definition) is 0. The minimum Gasteiger partial charge on any atom is -0.368 e. The first-order valence-electron chi connectivity index (χ1n) is 7.85. The average molecular weight is 361 g/mol. The summed E-state index contributed by atoms with van der Waals surface area (Å²) in [6, 6.07) is 15.5. The van der Waals surface area contributed by atoms with E-state index < -0.39 is 0 Å². The molecule has 2 aromatic carbocycles. The molecule has 0 aromatic heterocycles. The molecule has 0 spiro atoms. The minimum atomic E-state index is -0.00115. The van der Waals surface area contributed by atoms with Crippen LogP contribution < -0.4 is 4.90 Å². The molecular weight excluding hydrogens is 343 g/mol. The summed E-state index contributed by atoms with van der Waals surface area (Å²) in [5.41, 5.74) is 1.95. The topological polar surface area (TPSA) is 23.6 Å². The first-order chi connectivity index (χ1) is 11.6. The van der Waals surface area contributed by atoms with E-state index in [2.05, 4.69) is 17.0 Å². The van der Waals surface area contributed by atoms with Crippen LogP contribution in [0, 0.1) is 0 Å². The van der Waals surface area contributed by atoms with E-state index in [0.717, 1.165) is 18.7 Å². The first kappa shape index (κ1) is 16.9. The summed E-state index contributed by atoms with van der Waals surface area (Å²) < 4.78 is 0. The van der Waals surface area contributed by atoms with Crippen molar-refractivity contribution >= 4 is 40.9 Å². The van der Waals surface area contributed by atoms with Crippen molar-refractivity contribution in [2.24, 2.45) is 0 Å². The monoisotopic (exact) mass is 360 g/mol. The van der Waals surface area contributed by atoms with E-state index in [0.29, 0.717) is 23.1 Å². The van der Waals surface area contributed by atoms with Gasteiger partial charge in [-0.25, -0.2) is 0 Å². The molecule has 24 heavy (non-hydrogen) atoms. The molecule has 1 saturated heterocycles. The van der Waals surface area contributed by atoms with Crippen molar-refractivity contribution in [1.82, 2.24) is 4.90 Å². The van der Waals surface area contributed by atoms with E-state index in [9.17, 15) is 4.79 Å². The molecule has 0 radical (unpaired) electrons. The molecule has 1 fully saturated rings. The largest absolute Gasteiger partial charge is 0.368 e. The molecule has 0 atom stereocenters. The average Bonchev–Trinajstić information content (AvgIpc) is 2.63. The zero-order valence-electron chi connectivity index (χ0n) is 13.2. The SMILES string of the molecule is O=C(/C=C/c1cc(Cl)ccc1Cl)N1CCN(c2ccccc2)CC1. The first-order valence-corrected chi connectivity index (χ1v) is 8.61. The van der Waals surface area contributed by atoms with Crippen LogP contribution in [0.5, 0.6) is 0 Å². The lowest BCUT2D eigenvalue weighted by Gasteiger charge is -2.35. The highest BCUT2D eigenvalue weighted by Crippen LogP contribution is 2.22. The van der Waals surface area contributed by atoms with Crippen molar-refractivity contribution in [1.29, 1.82) is 0 Å². The lowest BCUT2D eigenvalue weighted by atomic mass is 10.2. The maximum atomic E-state index is 12.4. The van der Waals surface area contributed by atoms with Crippen molar-refractivity contribution in [2.45, 2.75) is 0 Å². The summed E-state index contributed by atoms with van der Waals surface area (Å²) in [5, 5.41) is 1.18. The van der Waals surface area contributed by atoms with E-state index in [1.54, 1.807) is 30.4 Å². The number of benzene rings is 2. The Balaban J connectivity index is 1.59. The molecule has 1 amide bonds. The van der Waals surface area contributed by atoms with E-state index in [1.165, 1.54) is 5.69 Å². The number of hydrogen-bond acceptors (Lipinski definition) is 2. The molecule has 3 rings (SSSR count). The number of amides is 1. The van der Waals surface area contributed by atoms with Gasteiger partial charge < -0.3 is 9.80 Å². The van der Waals surface area contributed by atoms with Gasteiger partial charge in [-0.2, -0.15) is 0 Å². The fourth-order valence-corrected chi connectivity index (χ4v) is 3.09. The van der Waals surface area contributed by atoms with Gasteiger partial charge in [0.1, 0.15) is 0 Å². The molecule has 5 heteroatoms. The van der Waals surface area contributed by atoms with Gasteiger partial charge in [-0.3, -0.25) is 4.79 Å². The van der Waals surface area contributed by atoms with Crippen LogP contribution in [0.2, 0.25) is 10.0 Å². The number of halogens is 2. The van der Waals surface area contributed by atoms with Gasteiger partial charge in [0.15, 0.2) is 0 Å². The van der Waals surface area contributed by atoms with E-state index in [1.807, 2.05) is 23.1 Å². The van der Waals surface area contributed by atoms with Crippen molar-refractivity contribution in [3.63, 3.8) is 0 Å². The zero-order chi connectivity index (χ0) is 16.9. The Morgan fingerprint density at radius 3 is 2.38 bits per heavy atom. The third-order valence-corrected chi connectivity index (χ3v) is 4.66. The maximum Gasteiger partial charge on any atom is 0.246 e. The molecule has 0 N–H and O–H groups in total. The summed E-state index contributed by atoms with van der Waals surface area (Å²) in [7, 11) is 0. The van der Waals surface area contributed by atoms with Crippen molar-refractivity contribution in [2.75, 3.05) is 31.1 Å². The summed E-state index contributed by atoms with van der Waals surface area (Å²) in [6.45, 7) is 3.09. The van der Waals surface area contributed by atoms with Crippen LogP contribution in [0.25, 0.3) is 6.08 Å². The second-order valence-electron chi connectivity index (χ2n) is 5.65. The van der Waals surface area contributed by atoms with E-state index in [4.69, 9.17) is 23.2 Å². The molecule has 1 aliphatic heterocycles. The lowest BCUT2D eigenvalue weighted by molar-refractivity contribution is -0.126. The zero-order valence-corrected chi connectivity index (χ0v) is 14.7. The molecule has 1 aliphatic rings. The molecule has 124 valence electrons. The number of carbonyl (C=O) groups excluding carboxylic acids is 1. The molecule has 0 aliphatic carbocycles. The molecule has 3 nitrogen and oxygen atoms in total. The van der Waals surface area contributed by atoms with Gasteiger partial charge in [0.05, 0.1) is 0 Å². The summed E-state index contributed by atoms with van der Waals surface area (Å²) in [5.74, 6) is -0.00115. The van der Waals surface area contributed by atoms with Gasteiger partial charge in [0.2, 0.25) is 5.91 Å². The van der Waals surface area contributed by atoms with Crippen molar-refractivity contribution in [3.8, 4) is 0 Å². The molecule has 0 bridgehead atoms. The molecule has 2 aromatic rings. The third kappa shape index (κ3) is 4.11. The van der Waals surface area contributed by atoms with E-state index in [-0.39, 0.29) is 5.91 Å². The van der Waals surface area contributed by atoms with Gasteiger partial charge in [0, 0.05) is 48.0 Å². The van der Waals surface area contributed by atoms with Gasteiger partial charge in [0.25, 0.3) is 0 Å². The molecule has 0 saturated carbocycles. The van der Waals surface area contributed by atoms with Crippen LogP contribution in [-0.2, 0) is 4.79 Å². The Morgan fingerprint density at radius 1 is 0.958 bits per heavy atom. The van der Waals surface area contributed by atoms with Crippen LogP contribution >= 0.6 is 23.2 Å². The molecule has 0 unspecified atom stereocenters. The summed E-state index contributed by atoms with van der Waals surface area (Å²) in [6.07, 6.45) is 3.29. The number of rotatable bonds is 3. The fraction of sp³-hybridized carbons (Fsp3) is 0.211. The maximum absolute atomic E-state index is 12.4. The number of anilines is 1. The van der Waals surface area contributed by atoms with Crippen molar-refractivity contribution < 1.29 is 4.79 Å². The number of carbonyl (C=O) groups is 1. The van der Waals surface area contributed by atoms with Crippen LogP contribution in [0.3, 0.4) is 0 Å². The van der Waals surface area contributed by atoms with E-state index >= 15 is 0 Å². The Labute approximate surface area is 152 Å². The number of para-hydroxylation sites is 1. The van der Waals surface area contributed by atoms with Crippen LogP contribution in [0.1, 0.15) is 5.56 Å². The molecule has 1 heterocycles. The normalized spacial score (nSPS) is 15.1. The van der Waals surface area contributed by atoms with Gasteiger partial charge in [-0.1, -0.05) is 41.4 Å². The van der Waals surface area contributed by atoms with Crippen LogP contribution in [0.15, 0.2) is 54.6 Å². The minimum absolute atomic E-state index is 0.00115. The van der Waals surface area contributed by atoms with Gasteiger partial charge >= 0.3 is 0 Å². The van der Waals surface area contributed by atoms with Crippen molar-refractivity contribution in [3.05, 3.63) is 70.2 Å². The van der Waals surface area contributed by atoms with Gasteiger partial charge in [-0.15, -0.1) is 0 Å². The Hall–Kier alpha value is -1.97. The number of nitrogens with zero attached hydrogens (tertiary/aromatic N) is 2. The Bertz CT molecular complexity index is 738. The Kier molecular flexibility index (Phi) is 5.44. The predicted molar refractivity (Wildman–Crippen MR) is 101 cm³/mol. The van der Waals surface area contributed by atoms with Crippen LogP contribution in [0.4, 0.5) is 5.69 Å².